The lowest BCUT2D eigenvalue weighted by atomic mass is 10.1. The number of hydrogen-bond acceptors (Lipinski definition) is 6. The highest BCUT2D eigenvalue weighted by molar-refractivity contribution is 5.99. The number of hydrogen-bond donors (Lipinski definition) is 2. The Morgan fingerprint density at radius 1 is 1.07 bits per heavy atom. The minimum Gasteiger partial charge on any atom is -0.497 e. The first kappa shape index (κ1) is 19.6. The fraction of sp³-hybridized carbons (Fsp3) is 0.227. The summed E-state index contributed by atoms with van der Waals surface area (Å²) in [5, 5.41) is 8.47. The van der Waals surface area contributed by atoms with Crippen LogP contribution in [0.4, 0.5) is 16.2 Å². The molecule has 0 atom stereocenters. The monoisotopic (exact) mass is 406 g/mol. The van der Waals surface area contributed by atoms with Gasteiger partial charge in [0.15, 0.2) is 5.65 Å². The van der Waals surface area contributed by atoms with Gasteiger partial charge in [0.2, 0.25) is 5.95 Å². The van der Waals surface area contributed by atoms with Gasteiger partial charge in [-0.15, -0.1) is 5.10 Å². The molecule has 2 aromatic carbocycles. The number of ether oxygens (including phenoxy) is 1. The number of halogens is 1. The zero-order valence-electron chi connectivity index (χ0n) is 17.1. The maximum Gasteiger partial charge on any atom is 0.225 e. The van der Waals surface area contributed by atoms with Crippen molar-refractivity contribution in [3.8, 4) is 22.7 Å². The van der Waals surface area contributed by atoms with Crippen molar-refractivity contribution in [2.75, 3.05) is 24.7 Å². The summed E-state index contributed by atoms with van der Waals surface area (Å²) >= 11 is 0. The predicted molar refractivity (Wildman–Crippen MR) is 116 cm³/mol. The smallest absolute Gasteiger partial charge is 0.225 e. The summed E-state index contributed by atoms with van der Waals surface area (Å²) < 4.78 is 20.3. The largest absolute Gasteiger partial charge is 0.497 e. The molecule has 8 heteroatoms. The van der Waals surface area contributed by atoms with Crippen molar-refractivity contribution in [2.24, 2.45) is 5.92 Å². The van der Waals surface area contributed by atoms with Crippen molar-refractivity contribution >= 4 is 22.8 Å². The van der Waals surface area contributed by atoms with E-state index >= 15 is 0 Å². The van der Waals surface area contributed by atoms with Crippen LogP contribution >= 0.6 is 0 Å². The third kappa shape index (κ3) is 3.76. The Morgan fingerprint density at radius 3 is 2.40 bits per heavy atom. The number of methoxy groups -OCH3 is 1. The molecular formula is C22H23FN6O. The molecule has 0 aliphatic heterocycles. The number of nitrogens with two attached hydrogens (primary N) is 1. The van der Waals surface area contributed by atoms with Gasteiger partial charge in [-0.1, -0.05) is 13.8 Å². The van der Waals surface area contributed by atoms with Crippen molar-refractivity contribution in [1.82, 2.24) is 19.7 Å². The number of nitrogens with one attached hydrogen (secondary N) is 1. The van der Waals surface area contributed by atoms with E-state index in [1.165, 1.54) is 12.1 Å². The highest BCUT2D eigenvalue weighted by Crippen LogP contribution is 2.33. The molecule has 2 aromatic heterocycles. The number of benzene rings is 2. The van der Waals surface area contributed by atoms with Crippen molar-refractivity contribution in [2.45, 2.75) is 13.8 Å². The van der Waals surface area contributed by atoms with Crippen molar-refractivity contribution in [3.63, 3.8) is 0 Å². The summed E-state index contributed by atoms with van der Waals surface area (Å²) in [4.78, 5) is 9.23. The van der Waals surface area contributed by atoms with Crippen LogP contribution in [0.1, 0.15) is 13.8 Å². The lowest BCUT2D eigenvalue weighted by Crippen LogP contribution is -2.11. The first-order valence-corrected chi connectivity index (χ1v) is 9.66. The SMILES string of the molecule is COc1ccc(-n2nc3nc(NCC(C)C)nc(-c4ccc(F)cc4)c3c2N)cc1. The standard InChI is InChI=1S/C22H23FN6O/c1-13(2)12-25-22-26-19(14-4-6-15(23)7-5-14)18-20(24)29(28-21(18)27-22)16-8-10-17(30-3)11-9-16/h4-11,13H,12,24H2,1-3H3,(H,25,27,28). The lowest BCUT2D eigenvalue weighted by Gasteiger charge is -2.10. The number of anilines is 2. The van der Waals surface area contributed by atoms with Crippen LogP contribution in [0.15, 0.2) is 48.5 Å². The molecule has 2 heterocycles. The summed E-state index contributed by atoms with van der Waals surface area (Å²) in [6.45, 7) is 4.91. The third-order valence-corrected chi connectivity index (χ3v) is 4.67. The third-order valence-electron chi connectivity index (χ3n) is 4.67. The number of rotatable bonds is 6. The second-order valence-electron chi connectivity index (χ2n) is 7.37. The highest BCUT2D eigenvalue weighted by atomic mass is 19.1. The molecule has 0 aliphatic rings. The van der Waals surface area contributed by atoms with Crippen molar-refractivity contribution in [1.29, 1.82) is 0 Å². The number of fused-ring (bicyclic) bond motifs is 1. The first-order valence-electron chi connectivity index (χ1n) is 9.66. The second kappa shape index (κ2) is 7.98. The van der Waals surface area contributed by atoms with Gasteiger partial charge in [0, 0.05) is 12.1 Å². The van der Waals surface area contributed by atoms with Crippen molar-refractivity contribution in [3.05, 3.63) is 54.3 Å². The molecule has 154 valence electrons. The molecule has 0 unspecified atom stereocenters. The maximum atomic E-state index is 13.5. The minimum atomic E-state index is -0.316. The van der Waals surface area contributed by atoms with Crippen LogP contribution in [0.5, 0.6) is 5.75 Å². The molecule has 0 amide bonds. The highest BCUT2D eigenvalue weighted by Gasteiger charge is 2.19. The fourth-order valence-electron chi connectivity index (χ4n) is 3.12. The van der Waals surface area contributed by atoms with Crippen molar-refractivity contribution < 1.29 is 9.13 Å². The number of nitrogen functional groups attached to an aromatic ring is 1. The first-order chi connectivity index (χ1) is 14.5. The molecule has 0 saturated heterocycles. The molecule has 0 fully saturated rings. The van der Waals surface area contributed by atoms with E-state index in [1.807, 2.05) is 24.3 Å². The number of nitrogens with zero attached hydrogens (tertiary/aromatic N) is 4. The van der Waals surface area contributed by atoms with Gasteiger partial charge in [-0.05, 0) is 54.4 Å². The maximum absolute atomic E-state index is 13.5. The predicted octanol–water partition coefficient (Wildman–Crippen LogP) is 4.28. The normalized spacial score (nSPS) is 11.2. The van der Waals surface area contributed by atoms with Gasteiger partial charge in [-0.2, -0.15) is 4.98 Å². The van der Waals surface area contributed by atoms with E-state index < -0.39 is 0 Å². The van der Waals surface area contributed by atoms with Crippen LogP contribution in [0.2, 0.25) is 0 Å². The van der Waals surface area contributed by atoms with E-state index in [0.717, 1.165) is 17.0 Å². The summed E-state index contributed by atoms with van der Waals surface area (Å²) in [5.74, 6) is 1.70. The quantitative estimate of drug-likeness (QED) is 0.497. The van der Waals surface area contributed by atoms with Crippen LogP contribution < -0.4 is 15.8 Å². The van der Waals surface area contributed by atoms with Crippen LogP contribution in [0, 0.1) is 11.7 Å². The molecule has 0 radical (unpaired) electrons. The second-order valence-corrected chi connectivity index (χ2v) is 7.37. The summed E-state index contributed by atoms with van der Waals surface area (Å²) in [6.07, 6.45) is 0. The number of aromatic nitrogens is 4. The Kier molecular flexibility index (Phi) is 5.22. The van der Waals surface area contributed by atoms with Gasteiger partial charge in [-0.25, -0.2) is 14.1 Å². The molecule has 0 spiro atoms. The van der Waals surface area contributed by atoms with Crippen LogP contribution in [-0.2, 0) is 0 Å². The molecular weight excluding hydrogens is 383 g/mol. The van der Waals surface area contributed by atoms with Gasteiger partial charge in [0.1, 0.15) is 17.4 Å². The van der Waals surface area contributed by atoms with E-state index in [1.54, 1.807) is 23.9 Å². The molecule has 0 saturated carbocycles. The van der Waals surface area contributed by atoms with Crippen LogP contribution in [0.25, 0.3) is 28.0 Å². The van der Waals surface area contributed by atoms with Gasteiger partial charge >= 0.3 is 0 Å². The van der Waals surface area contributed by atoms with E-state index in [-0.39, 0.29) is 5.82 Å². The average molecular weight is 406 g/mol. The van der Waals surface area contributed by atoms with Gasteiger partial charge in [0.25, 0.3) is 0 Å². The Labute approximate surface area is 173 Å². The minimum absolute atomic E-state index is 0.316. The zero-order chi connectivity index (χ0) is 21.3. The Hall–Kier alpha value is -3.68. The summed E-state index contributed by atoms with van der Waals surface area (Å²) in [7, 11) is 1.61. The fourth-order valence-corrected chi connectivity index (χ4v) is 3.12. The summed E-state index contributed by atoms with van der Waals surface area (Å²) in [5.41, 5.74) is 9.04. The van der Waals surface area contributed by atoms with Crippen LogP contribution in [-0.4, -0.2) is 33.4 Å². The average Bonchev–Trinajstić information content (AvgIpc) is 3.09. The van der Waals surface area contributed by atoms with E-state index in [9.17, 15) is 4.39 Å². The summed E-state index contributed by atoms with van der Waals surface area (Å²) in [6, 6.07) is 13.5. The van der Waals surface area contributed by atoms with Crippen LogP contribution in [0.3, 0.4) is 0 Å². The molecule has 4 aromatic rings. The molecule has 3 N–H and O–H groups in total. The molecule has 0 bridgehead atoms. The van der Waals surface area contributed by atoms with E-state index in [2.05, 4.69) is 34.2 Å². The lowest BCUT2D eigenvalue weighted by molar-refractivity contribution is 0.414. The molecule has 0 aliphatic carbocycles. The van der Waals surface area contributed by atoms with E-state index in [0.29, 0.717) is 41.0 Å². The molecule has 30 heavy (non-hydrogen) atoms. The Morgan fingerprint density at radius 2 is 1.77 bits per heavy atom. The topological polar surface area (TPSA) is 90.9 Å². The Bertz CT molecular complexity index is 1170. The van der Waals surface area contributed by atoms with Gasteiger partial charge in [-0.3, -0.25) is 0 Å². The molecule has 7 nitrogen and oxygen atoms in total. The Balaban J connectivity index is 1.89. The van der Waals surface area contributed by atoms with E-state index in [4.69, 9.17) is 10.5 Å². The molecule has 4 rings (SSSR count). The van der Waals surface area contributed by atoms with Gasteiger partial charge < -0.3 is 15.8 Å². The zero-order valence-corrected chi connectivity index (χ0v) is 17.1. The van der Waals surface area contributed by atoms with Gasteiger partial charge in [0.05, 0.1) is 23.9 Å².